The van der Waals surface area contributed by atoms with Crippen LogP contribution in [0.25, 0.3) is 0 Å². The summed E-state index contributed by atoms with van der Waals surface area (Å²) in [5.74, 6) is -0.184. The van der Waals surface area contributed by atoms with Crippen LogP contribution in [0.4, 0.5) is 10.1 Å². The van der Waals surface area contributed by atoms with Gasteiger partial charge in [-0.05, 0) is 36.8 Å². The van der Waals surface area contributed by atoms with E-state index in [-0.39, 0.29) is 30.6 Å². The van der Waals surface area contributed by atoms with Gasteiger partial charge in [0.25, 0.3) is 0 Å². The molecule has 5 nitrogen and oxygen atoms in total. The Balaban J connectivity index is 1.94. The summed E-state index contributed by atoms with van der Waals surface area (Å²) in [4.78, 5) is 26.0. The number of hydrogen-bond acceptors (Lipinski definition) is 3. The zero-order valence-corrected chi connectivity index (χ0v) is 14.3. The molecule has 0 heterocycles. The van der Waals surface area contributed by atoms with Crippen LogP contribution < -0.4 is 10.1 Å². The maximum absolute atomic E-state index is 12.9. The fraction of sp³-hybridized carbons (Fsp3) is 0.263. The minimum atomic E-state index is -0.346. The summed E-state index contributed by atoms with van der Waals surface area (Å²) in [5.41, 5.74) is 1.31. The second kappa shape index (κ2) is 8.82. The minimum Gasteiger partial charge on any atom is -0.497 e. The third kappa shape index (κ3) is 5.60. The van der Waals surface area contributed by atoms with Crippen molar-refractivity contribution in [2.24, 2.45) is 0 Å². The summed E-state index contributed by atoms with van der Waals surface area (Å²) in [7, 11) is 1.55. The molecule has 2 aromatic rings. The van der Waals surface area contributed by atoms with Crippen LogP contribution in [0.15, 0.2) is 48.5 Å². The number of amides is 2. The molecule has 132 valence electrons. The van der Waals surface area contributed by atoms with Gasteiger partial charge in [-0.2, -0.15) is 0 Å². The lowest BCUT2D eigenvalue weighted by atomic mass is 10.1. The topological polar surface area (TPSA) is 58.6 Å². The van der Waals surface area contributed by atoms with E-state index in [1.165, 1.54) is 17.0 Å². The van der Waals surface area contributed by atoms with Crippen molar-refractivity contribution < 1.29 is 18.7 Å². The highest BCUT2D eigenvalue weighted by Crippen LogP contribution is 2.16. The van der Waals surface area contributed by atoms with Crippen molar-refractivity contribution in [1.29, 1.82) is 0 Å². The lowest BCUT2D eigenvalue weighted by Crippen LogP contribution is -2.38. The molecule has 0 aliphatic carbocycles. The normalized spacial score (nSPS) is 10.2. The van der Waals surface area contributed by atoms with Crippen LogP contribution in [0, 0.1) is 5.82 Å². The van der Waals surface area contributed by atoms with Crippen molar-refractivity contribution in [3.63, 3.8) is 0 Å². The van der Waals surface area contributed by atoms with Gasteiger partial charge in [0.15, 0.2) is 0 Å². The molecular weight excluding hydrogens is 323 g/mol. The molecule has 0 aliphatic rings. The molecule has 0 saturated heterocycles. The fourth-order valence-electron chi connectivity index (χ4n) is 2.34. The largest absolute Gasteiger partial charge is 0.497 e. The molecule has 0 aliphatic heterocycles. The maximum Gasteiger partial charge on any atom is 0.243 e. The van der Waals surface area contributed by atoms with E-state index < -0.39 is 0 Å². The number of benzene rings is 2. The third-order valence-corrected chi connectivity index (χ3v) is 3.69. The van der Waals surface area contributed by atoms with E-state index in [2.05, 4.69) is 5.32 Å². The number of rotatable bonds is 7. The number of anilines is 1. The van der Waals surface area contributed by atoms with Gasteiger partial charge >= 0.3 is 0 Å². The van der Waals surface area contributed by atoms with Crippen molar-refractivity contribution in [1.82, 2.24) is 4.90 Å². The number of ether oxygens (including phenoxy) is 1. The molecule has 2 rings (SSSR count). The van der Waals surface area contributed by atoms with Crippen LogP contribution in [0.5, 0.6) is 5.75 Å². The number of nitrogens with zero attached hydrogens (tertiary/aromatic N) is 1. The van der Waals surface area contributed by atoms with Crippen LogP contribution in [0.2, 0.25) is 0 Å². The van der Waals surface area contributed by atoms with Crippen LogP contribution in [-0.4, -0.2) is 36.9 Å². The monoisotopic (exact) mass is 344 g/mol. The number of methoxy groups -OCH3 is 1. The molecule has 0 saturated carbocycles. The Morgan fingerprint density at radius 1 is 1.16 bits per heavy atom. The first-order valence-electron chi connectivity index (χ1n) is 7.98. The summed E-state index contributed by atoms with van der Waals surface area (Å²) >= 11 is 0. The van der Waals surface area contributed by atoms with Gasteiger partial charge in [0, 0.05) is 18.3 Å². The Kier molecular flexibility index (Phi) is 6.51. The average molecular weight is 344 g/mol. The zero-order valence-electron chi connectivity index (χ0n) is 14.3. The second-order valence-corrected chi connectivity index (χ2v) is 5.49. The summed E-state index contributed by atoms with van der Waals surface area (Å²) in [6.07, 6.45) is 0.126. The Morgan fingerprint density at radius 2 is 1.88 bits per heavy atom. The number of halogens is 1. The fourth-order valence-corrected chi connectivity index (χ4v) is 2.34. The van der Waals surface area contributed by atoms with Crippen molar-refractivity contribution in [3.8, 4) is 5.75 Å². The lowest BCUT2D eigenvalue weighted by Gasteiger charge is -2.20. The van der Waals surface area contributed by atoms with Gasteiger partial charge in [-0.15, -0.1) is 0 Å². The van der Waals surface area contributed by atoms with E-state index >= 15 is 0 Å². The van der Waals surface area contributed by atoms with Crippen molar-refractivity contribution in [2.75, 3.05) is 25.5 Å². The van der Waals surface area contributed by atoms with Crippen LogP contribution in [0.3, 0.4) is 0 Å². The van der Waals surface area contributed by atoms with Crippen molar-refractivity contribution in [3.05, 3.63) is 59.9 Å². The molecule has 1 N–H and O–H groups in total. The molecule has 0 fully saturated rings. The van der Waals surface area contributed by atoms with Gasteiger partial charge in [0.2, 0.25) is 11.8 Å². The average Bonchev–Trinajstić information content (AvgIpc) is 2.61. The first-order valence-corrected chi connectivity index (χ1v) is 7.98. The van der Waals surface area contributed by atoms with Crippen LogP contribution >= 0.6 is 0 Å². The second-order valence-electron chi connectivity index (χ2n) is 5.49. The van der Waals surface area contributed by atoms with Crippen molar-refractivity contribution >= 4 is 17.5 Å². The Morgan fingerprint density at radius 3 is 2.52 bits per heavy atom. The van der Waals surface area contributed by atoms with Crippen LogP contribution in [-0.2, 0) is 16.0 Å². The van der Waals surface area contributed by atoms with Crippen molar-refractivity contribution in [2.45, 2.75) is 13.3 Å². The smallest absolute Gasteiger partial charge is 0.243 e. The summed E-state index contributed by atoms with van der Waals surface area (Å²) in [6, 6.07) is 12.8. The predicted molar refractivity (Wildman–Crippen MR) is 94.0 cm³/mol. The SMILES string of the molecule is CCN(CC(=O)Nc1cccc(OC)c1)C(=O)Cc1ccc(F)cc1. The van der Waals surface area contributed by atoms with E-state index in [1.807, 2.05) is 0 Å². The lowest BCUT2D eigenvalue weighted by molar-refractivity contribution is -0.133. The highest BCUT2D eigenvalue weighted by atomic mass is 19.1. The predicted octanol–water partition coefficient (Wildman–Crippen LogP) is 2.86. The van der Waals surface area contributed by atoms with Gasteiger partial charge in [0.05, 0.1) is 20.1 Å². The van der Waals surface area contributed by atoms with Gasteiger partial charge in [-0.3, -0.25) is 9.59 Å². The highest BCUT2D eigenvalue weighted by Gasteiger charge is 2.16. The molecule has 0 unspecified atom stereocenters. The maximum atomic E-state index is 12.9. The molecule has 6 heteroatoms. The Bertz CT molecular complexity index is 732. The molecular formula is C19H21FN2O3. The van der Waals surface area contributed by atoms with Gasteiger partial charge in [-0.1, -0.05) is 18.2 Å². The first kappa shape index (κ1) is 18.4. The molecule has 0 aromatic heterocycles. The summed E-state index contributed by atoms with van der Waals surface area (Å²) < 4.78 is 18.0. The number of nitrogens with one attached hydrogen (secondary N) is 1. The molecule has 25 heavy (non-hydrogen) atoms. The zero-order chi connectivity index (χ0) is 18.2. The molecule has 0 bridgehead atoms. The van der Waals surface area contributed by atoms with E-state index in [4.69, 9.17) is 4.74 Å². The van der Waals surface area contributed by atoms with Gasteiger partial charge in [-0.25, -0.2) is 4.39 Å². The summed E-state index contributed by atoms with van der Waals surface area (Å²) in [6.45, 7) is 2.17. The number of likely N-dealkylation sites (N-methyl/N-ethyl adjacent to an activating group) is 1. The molecule has 0 spiro atoms. The standard InChI is InChI=1S/C19H21FN2O3/c1-3-22(19(24)11-14-7-9-15(20)10-8-14)13-18(23)21-16-5-4-6-17(12-16)25-2/h4-10,12H,3,11,13H2,1-2H3,(H,21,23). The number of carbonyl (C=O) groups excluding carboxylic acids is 2. The highest BCUT2D eigenvalue weighted by molar-refractivity contribution is 5.94. The van der Waals surface area contributed by atoms with Gasteiger partial charge in [0.1, 0.15) is 11.6 Å². The van der Waals surface area contributed by atoms with E-state index in [0.29, 0.717) is 23.5 Å². The molecule has 0 atom stereocenters. The minimum absolute atomic E-state index is 0.0479. The Hall–Kier alpha value is -2.89. The number of carbonyl (C=O) groups is 2. The molecule has 2 amide bonds. The quantitative estimate of drug-likeness (QED) is 0.840. The number of hydrogen-bond donors (Lipinski definition) is 1. The van der Waals surface area contributed by atoms with Gasteiger partial charge < -0.3 is 15.0 Å². The van der Waals surface area contributed by atoms with E-state index in [1.54, 1.807) is 50.4 Å². The first-order chi connectivity index (χ1) is 12.0. The summed E-state index contributed by atoms with van der Waals surface area (Å²) in [5, 5.41) is 2.75. The molecule has 0 radical (unpaired) electrons. The van der Waals surface area contributed by atoms with E-state index in [9.17, 15) is 14.0 Å². The Labute approximate surface area is 146 Å². The van der Waals surface area contributed by atoms with E-state index in [0.717, 1.165) is 0 Å². The van der Waals surface area contributed by atoms with Crippen LogP contribution in [0.1, 0.15) is 12.5 Å². The third-order valence-electron chi connectivity index (χ3n) is 3.69. The molecule has 2 aromatic carbocycles.